The van der Waals surface area contributed by atoms with E-state index in [2.05, 4.69) is 0 Å². The second kappa shape index (κ2) is 8.11. The van der Waals surface area contributed by atoms with Gasteiger partial charge in [-0.05, 0) is 76.1 Å². The number of carbonyl (C=O) groups excluding carboxylic acids is 1. The molecule has 2 aromatic rings. The predicted octanol–water partition coefficient (Wildman–Crippen LogP) is 5.39. The van der Waals surface area contributed by atoms with Gasteiger partial charge in [0, 0.05) is 11.1 Å². The Bertz CT molecular complexity index is 1080. The van der Waals surface area contributed by atoms with Crippen molar-refractivity contribution in [2.24, 2.45) is 0 Å². The molecule has 0 radical (unpaired) electrons. The zero-order valence-corrected chi connectivity index (χ0v) is 17.6. The van der Waals surface area contributed by atoms with E-state index in [9.17, 15) is 20.1 Å². The molecule has 156 valence electrons. The lowest BCUT2D eigenvalue weighted by Gasteiger charge is -2.28. The normalized spacial score (nSPS) is 14.3. The number of ether oxygens (including phenoxy) is 1. The molecule has 30 heavy (non-hydrogen) atoms. The molecule has 3 N–H and O–H groups in total. The minimum atomic E-state index is -0.503. The quantitative estimate of drug-likeness (QED) is 0.352. The molecule has 0 unspecified atom stereocenters. The van der Waals surface area contributed by atoms with Crippen LogP contribution in [0, 0.1) is 0 Å². The Kier molecular flexibility index (Phi) is 5.74. The van der Waals surface area contributed by atoms with Gasteiger partial charge in [0.05, 0.1) is 5.56 Å². The molecule has 0 aliphatic carbocycles. The minimum Gasteiger partial charge on any atom is -0.508 e. The summed E-state index contributed by atoms with van der Waals surface area (Å²) in [6.07, 6.45) is 8.86. The number of hydrogen-bond acceptors (Lipinski definition) is 5. The molecule has 1 aliphatic heterocycles. The van der Waals surface area contributed by atoms with E-state index in [4.69, 9.17) is 4.74 Å². The van der Waals surface area contributed by atoms with E-state index >= 15 is 0 Å². The number of fused-ring (bicyclic) bond motifs is 1. The van der Waals surface area contributed by atoms with Crippen LogP contribution in [0.3, 0.4) is 0 Å². The van der Waals surface area contributed by atoms with E-state index in [1.54, 1.807) is 6.08 Å². The Labute approximate surface area is 176 Å². The number of carbonyl (C=O) groups is 1. The molecular weight excluding hydrogens is 380 g/mol. The van der Waals surface area contributed by atoms with Crippen LogP contribution in [0.4, 0.5) is 0 Å². The zero-order valence-electron chi connectivity index (χ0n) is 17.6. The van der Waals surface area contributed by atoms with Gasteiger partial charge in [-0.15, -0.1) is 0 Å². The number of phenolic OH excluding ortho intramolecular Hbond substituents is 3. The van der Waals surface area contributed by atoms with Crippen LogP contribution < -0.4 is 4.74 Å². The van der Waals surface area contributed by atoms with Gasteiger partial charge in [0.1, 0.15) is 17.1 Å². The van der Waals surface area contributed by atoms with Crippen molar-refractivity contribution in [3.8, 4) is 23.0 Å². The monoisotopic (exact) mass is 406 g/mol. The minimum absolute atomic E-state index is 0.00601. The summed E-state index contributed by atoms with van der Waals surface area (Å²) >= 11 is 0. The fraction of sp³-hybridized carbons (Fsp3) is 0.240. The van der Waals surface area contributed by atoms with Gasteiger partial charge >= 0.3 is 0 Å². The van der Waals surface area contributed by atoms with Gasteiger partial charge in [0.2, 0.25) is 0 Å². The summed E-state index contributed by atoms with van der Waals surface area (Å²) in [4.78, 5) is 12.7. The first kappa shape index (κ1) is 21.2. The first-order valence-electron chi connectivity index (χ1n) is 9.72. The van der Waals surface area contributed by atoms with Crippen molar-refractivity contribution in [3.05, 3.63) is 70.3 Å². The second-order valence-electron chi connectivity index (χ2n) is 8.14. The SMILES string of the molecule is CC(C)=CCc1c(O)ccc(C(=O)/C=C/c2cc(O)c3c(c2)C=CC(C)(C)O3)c1O. The molecule has 0 fully saturated rings. The van der Waals surface area contributed by atoms with Crippen LogP contribution in [0.25, 0.3) is 12.2 Å². The van der Waals surface area contributed by atoms with Crippen LogP contribution in [0.2, 0.25) is 0 Å². The topological polar surface area (TPSA) is 87.0 Å². The van der Waals surface area contributed by atoms with Crippen molar-refractivity contribution in [2.45, 2.75) is 39.7 Å². The molecule has 0 bridgehead atoms. The molecule has 0 atom stereocenters. The molecule has 1 aliphatic rings. The van der Waals surface area contributed by atoms with Gasteiger partial charge in [-0.1, -0.05) is 23.8 Å². The van der Waals surface area contributed by atoms with Crippen LogP contribution in [0.1, 0.15) is 54.7 Å². The lowest BCUT2D eigenvalue weighted by atomic mass is 9.99. The van der Waals surface area contributed by atoms with Crippen molar-refractivity contribution in [1.82, 2.24) is 0 Å². The maximum absolute atomic E-state index is 12.7. The Morgan fingerprint density at radius 2 is 1.83 bits per heavy atom. The summed E-state index contributed by atoms with van der Waals surface area (Å²) in [6, 6.07) is 6.13. The third-order valence-electron chi connectivity index (χ3n) is 4.81. The van der Waals surface area contributed by atoms with Crippen molar-refractivity contribution in [2.75, 3.05) is 0 Å². The zero-order chi connectivity index (χ0) is 22.1. The summed E-state index contributed by atoms with van der Waals surface area (Å²) in [7, 11) is 0. The van der Waals surface area contributed by atoms with Gasteiger partial charge < -0.3 is 20.1 Å². The van der Waals surface area contributed by atoms with Gasteiger partial charge in [0.25, 0.3) is 0 Å². The van der Waals surface area contributed by atoms with Gasteiger partial charge in [0.15, 0.2) is 17.3 Å². The molecule has 3 rings (SSSR count). The maximum atomic E-state index is 12.7. The standard InChI is InChI=1S/C25H26O5/c1-15(2)5-7-18-21(27)10-8-19(23(18)29)20(26)9-6-16-13-17-11-12-25(3,4)30-24(17)22(28)14-16/h5-6,8-14,27-29H,7H2,1-4H3/b9-6+. The van der Waals surface area contributed by atoms with Crippen molar-refractivity contribution < 1.29 is 24.9 Å². The smallest absolute Gasteiger partial charge is 0.189 e. The first-order chi connectivity index (χ1) is 14.1. The number of aromatic hydroxyl groups is 3. The summed E-state index contributed by atoms with van der Waals surface area (Å²) in [5.41, 5.74) is 2.30. The van der Waals surface area contributed by atoms with E-state index in [1.807, 2.05) is 52.0 Å². The highest BCUT2D eigenvalue weighted by molar-refractivity contribution is 6.09. The third kappa shape index (κ3) is 4.57. The van der Waals surface area contributed by atoms with Gasteiger partial charge in [-0.2, -0.15) is 0 Å². The van der Waals surface area contributed by atoms with E-state index < -0.39 is 11.4 Å². The van der Waals surface area contributed by atoms with Gasteiger partial charge in [-0.25, -0.2) is 0 Å². The van der Waals surface area contributed by atoms with Gasteiger partial charge in [-0.3, -0.25) is 4.79 Å². The number of benzene rings is 2. The summed E-state index contributed by atoms with van der Waals surface area (Å²) < 4.78 is 5.79. The maximum Gasteiger partial charge on any atom is 0.189 e. The van der Waals surface area contributed by atoms with Crippen LogP contribution >= 0.6 is 0 Å². The van der Waals surface area contributed by atoms with Crippen LogP contribution in [0.15, 0.2) is 48.1 Å². The van der Waals surface area contributed by atoms with E-state index in [0.717, 1.165) is 11.1 Å². The van der Waals surface area contributed by atoms with Crippen molar-refractivity contribution in [1.29, 1.82) is 0 Å². The highest BCUT2D eigenvalue weighted by atomic mass is 16.5. The van der Waals surface area contributed by atoms with E-state index in [1.165, 1.54) is 24.3 Å². The number of hydrogen-bond donors (Lipinski definition) is 3. The molecule has 2 aromatic carbocycles. The van der Waals surface area contributed by atoms with E-state index in [-0.39, 0.29) is 22.8 Å². The highest BCUT2D eigenvalue weighted by Gasteiger charge is 2.24. The molecular formula is C25H26O5. The number of rotatable bonds is 5. The molecule has 0 saturated carbocycles. The third-order valence-corrected chi connectivity index (χ3v) is 4.81. The van der Waals surface area contributed by atoms with Crippen LogP contribution in [0.5, 0.6) is 23.0 Å². The Morgan fingerprint density at radius 3 is 2.53 bits per heavy atom. The summed E-state index contributed by atoms with van der Waals surface area (Å²) in [6.45, 7) is 7.63. The fourth-order valence-corrected chi connectivity index (χ4v) is 3.17. The molecule has 0 spiro atoms. The lowest BCUT2D eigenvalue weighted by molar-refractivity contribution is 0.104. The molecule has 5 heteroatoms. The van der Waals surface area contributed by atoms with Crippen LogP contribution in [-0.2, 0) is 6.42 Å². The Hall–Kier alpha value is -3.47. The fourth-order valence-electron chi connectivity index (χ4n) is 3.17. The molecule has 1 heterocycles. The number of allylic oxidation sites excluding steroid dienone is 3. The average Bonchev–Trinajstić information content (AvgIpc) is 2.66. The number of phenols is 3. The molecule has 0 aromatic heterocycles. The lowest BCUT2D eigenvalue weighted by Crippen LogP contribution is -2.27. The predicted molar refractivity (Wildman–Crippen MR) is 118 cm³/mol. The Balaban J connectivity index is 1.88. The Morgan fingerprint density at radius 1 is 1.10 bits per heavy atom. The second-order valence-corrected chi connectivity index (χ2v) is 8.14. The van der Waals surface area contributed by atoms with E-state index in [0.29, 0.717) is 23.3 Å². The average molecular weight is 406 g/mol. The largest absolute Gasteiger partial charge is 0.508 e. The first-order valence-corrected chi connectivity index (χ1v) is 9.72. The highest BCUT2D eigenvalue weighted by Crippen LogP contribution is 2.39. The molecule has 0 saturated heterocycles. The van der Waals surface area contributed by atoms with Crippen molar-refractivity contribution >= 4 is 17.9 Å². The summed E-state index contributed by atoms with van der Waals surface area (Å²) in [5.74, 6) is -0.287. The summed E-state index contributed by atoms with van der Waals surface area (Å²) in [5, 5.41) is 30.8. The molecule has 0 amide bonds. The van der Waals surface area contributed by atoms with Crippen LogP contribution in [-0.4, -0.2) is 26.7 Å². The van der Waals surface area contributed by atoms with Crippen molar-refractivity contribution in [3.63, 3.8) is 0 Å². The molecule has 5 nitrogen and oxygen atoms in total. The number of ketones is 1.